The Kier molecular flexibility index (Phi) is 4.84. The molecule has 0 bridgehead atoms. The van der Waals surface area contributed by atoms with Gasteiger partial charge in [0.05, 0.1) is 0 Å². The average molecular weight is 384 g/mol. The molecule has 0 saturated heterocycles. The molecule has 0 aliphatic heterocycles. The van der Waals surface area contributed by atoms with E-state index in [1.54, 1.807) is 41.7 Å². The number of rotatable bonds is 4. The minimum Gasteiger partial charge on any atom is -0.399 e. The maximum absolute atomic E-state index is 12.5. The first-order valence-electron chi connectivity index (χ1n) is 9.19. The number of fused-ring (bicyclic) bond motifs is 1. The van der Waals surface area contributed by atoms with Gasteiger partial charge in [-0.1, -0.05) is 30.3 Å². The number of hydrogen-bond acceptors (Lipinski definition) is 3. The van der Waals surface area contributed by atoms with Crippen LogP contribution in [0.4, 0.5) is 5.69 Å². The summed E-state index contributed by atoms with van der Waals surface area (Å²) in [6.45, 7) is 4.22. The van der Waals surface area contributed by atoms with Gasteiger partial charge in [-0.25, -0.2) is 0 Å². The Morgan fingerprint density at radius 3 is 2.43 bits per heavy atom. The maximum Gasteiger partial charge on any atom is 0.185 e. The number of carbonyl (C=O) groups is 1. The lowest BCUT2D eigenvalue weighted by atomic mass is 9.98. The lowest BCUT2D eigenvalue weighted by Crippen LogP contribution is -1.95. The molecule has 0 amide bonds. The summed E-state index contributed by atoms with van der Waals surface area (Å²) in [6.07, 6.45) is 3.54. The van der Waals surface area contributed by atoms with E-state index in [0.717, 1.165) is 11.1 Å². The second-order valence-corrected chi connectivity index (χ2v) is 8.08. The molecule has 0 unspecified atom stereocenters. The zero-order chi connectivity index (χ0) is 19.7. The van der Waals surface area contributed by atoms with Gasteiger partial charge in [-0.05, 0) is 90.0 Å². The van der Waals surface area contributed by atoms with E-state index in [-0.39, 0.29) is 5.78 Å². The molecule has 0 aliphatic carbocycles. The van der Waals surface area contributed by atoms with E-state index in [9.17, 15) is 4.79 Å². The van der Waals surface area contributed by atoms with Gasteiger partial charge in [0.15, 0.2) is 5.78 Å². The molecule has 0 saturated carbocycles. The second-order valence-electron chi connectivity index (χ2n) is 6.99. The monoisotopic (exact) mass is 383 g/mol. The Hall–Kier alpha value is -3.17. The molecule has 28 heavy (non-hydrogen) atoms. The highest BCUT2D eigenvalue weighted by molar-refractivity contribution is 7.22. The number of carbonyl (C=O) groups excluding carboxylic acids is 1. The van der Waals surface area contributed by atoms with Crippen LogP contribution in [0.15, 0.2) is 72.8 Å². The molecule has 0 fully saturated rings. The van der Waals surface area contributed by atoms with Crippen molar-refractivity contribution < 1.29 is 4.79 Å². The van der Waals surface area contributed by atoms with Gasteiger partial charge in [0.2, 0.25) is 0 Å². The van der Waals surface area contributed by atoms with E-state index >= 15 is 0 Å². The summed E-state index contributed by atoms with van der Waals surface area (Å²) in [5, 5.41) is 1.26. The molecular formula is C25H21NOS. The van der Waals surface area contributed by atoms with E-state index in [0.29, 0.717) is 11.3 Å². The molecule has 0 aliphatic rings. The van der Waals surface area contributed by atoms with Gasteiger partial charge in [0.1, 0.15) is 0 Å². The highest BCUT2D eigenvalue weighted by atomic mass is 32.1. The quantitative estimate of drug-likeness (QED) is 0.243. The van der Waals surface area contributed by atoms with Gasteiger partial charge >= 0.3 is 0 Å². The van der Waals surface area contributed by atoms with Crippen molar-refractivity contribution in [2.45, 2.75) is 13.8 Å². The molecular weight excluding hydrogens is 362 g/mol. The first-order valence-corrected chi connectivity index (χ1v) is 10.0. The van der Waals surface area contributed by atoms with Gasteiger partial charge in [0.25, 0.3) is 0 Å². The molecule has 2 nitrogen and oxygen atoms in total. The van der Waals surface area contributed by atoms with Crippen LogP contribution >= 0.6 is 11.3 Å². The number of anilines is 1. The third-order valence-corrected chi connectivity index (χ3v) is 6.06. The average Bonchev–Trinajstić information content (AvgIpc) is 3.11. The van der Waals surface area contributed by atoms with Crippen LogP contribution in [-0.4, -0.2) is 5.78 Å². The summed E-state index contributed by atoms with van der Waals surface area (Å²) in [7, 11) is 0. The fraction of sp³-hybridized carbons (Fsp3) is 0.0800. The van der Waals surface area contributed by atoms with Gasteiger partial charge < -0.3 is 5.73 Å². The number of thiophene rings is 1. The Morgan fingerprint density at radius 2 is 1.68 bits per heavy atom. The molecule has 3 heteroatoms. The van der Waals surface area contributed by atoms with Crippen LogP contribution in [0.2, 0.25) is 0 Å². The Balaban J connectivity index is 1.69. The van der Waals surface area contributed by atoms with Crippen LogP contribution < -0.4 is 5.73 Å². The van der Waals surface area contributed by atoms with E-state index in [1.165, 1.54) is 26.1 Å². The predicted molar refractivity (Wildman–Crippen MR) is 121 cm³/mol. The Bertz CT molecular complexity index is 1170. The normalized spacial score (nSPS) is 11.4. The number of benzene rings is 3. The molecule has 2 N–H and O–H groups in total. The first-order chi connectivity index (χ1) is 13.5. The molecule has 4 aromatic rings. The van der Waals surface area contributed by atoms with Gasteiger partial charge in [-0.3, -0.25) is 4.79 Å². The number of ketones is 1. The number of nitrogen functional groups attached to an aromatic ring is 1. The fourth-order valence-corrected chi connectivity index (χ4v) is 4.48. The van der Waals surface area contributed by atoms with Crippen molar-refractivity contribution in [1.82, 2.24) is 0 Å². The minimum atomic E-state index is -0.0246. The van der Waals surface area contributed by atoms with Gasteiger partial charge in [0, 0.05) is 20.8 Å². The summed E-state index contributed by atoms with van der Waals surface area (Å²) in [4.78, 5) is 13.7. The van der Waals surface area contributed by atoms with E-state index in [1.807, 2.05) is 6.08 Å². The number of hydrogen-bond donors (Lipinski definition) is 1. The van der Waals surface area contributed by atoms with Gasteiger partial charge in [-0.15, -0.1) is 11.3 Å². The van der Waals surface area contributed by atoms with E-state index in [2.05, 4.69) is 56.3 Å². The summed E-state index contributed by atoms with van der Waals surface area (Å²) < 4.78 is 1.29. The lowest BCUT2D eigenvalue weighted by Gasteiger charge is -2.09. The summed E-state index contributed by atoms with van der Waals surface area (Å²) >= 11 is 1.80. The molecule has 0 spiro atoms. The standard InChI is InChI=1S/C25H21NOS/c1-16-13-17(2)22(25-15-20-5-3-4-6-24(20)28-25)14-19(16)9-12-23(27)18-7-10-21(26)11-8-18/h3-15H,26H2,1-2H3/b12-9+. The topological polar surface area (TPSA) is 43.1 Å². The first kappa shape index (κ1) is 18.2. The van der Waals surface area contributed by atoms with Crippen LogP contribution in [-0.2, 0) is 0 Å². The third-order valence-electron chi connectivity index (χ3n) is 4.91. The smallest absolute Gasteiger partial charge is 0.185 e. The van der Waals surface area contributed by atoms with Crippen LogP contribution in [0.3, 0.4) is 0 Å². The molecule has 3 aromatic carbocycles. The van der Waals surface area contributed by atoms with Crippen molar-refractivity contribution >= 4 is 39.0 Å². The third kappa shape index (κ3) is 3.62. The van der Waals surface area contributed by atoms with Crippen LogP contribution in [0.5, 0.6) is 0 Å². The van der Waals surface area contributed by atoms with E-state index < -0.39 is 0 Å². The zero-order valence-electron chi connectivity index (χ0n) is 15.9. The predicted octanol–water partition coefficient (Wildman–Crippen LogP) is 6.66. The Morgan fingerprint density at radius 1 is 0.929 bits per heavy atom. The molecule has 4 rings (SSSR count). The molecule has 138 valence electrons. The number of nitrogens with two attached hydrogens (primary N) is 1. The Labute approximate surface area is 169 Å². The molecule has 1 aromatic heterocycles. The minimum absolute atomic E-state index is 0.0246. The van der Waals surface area contributed by atoms with Crippen LogP contribution in [0.1, 0.15) is 27.0 Å². The summed E-state index contributed by atoms with van der Waals surface area (Å²) in [6, 6.07) is 22.1. The van der Waals surface area contributed by atoms with Gasteiger partial charge in [-0.2, -0.15) is 0 Å². The zero-order valence-corrected chi connectivity index (χ0v) is 16.7. The van der Waals surface area contributed by atoms with Crippen LogP contribution in [0, 0.1) is 13.8 Å². The molecule has 0 atom stereocenters. The molecule has 0 radical (unpaired) electrons. The fourth-order valence-electron chi connectivity index (χ4n) is 3.34. The maximum atomic E-state index is 12.5. The highest BCUT2D eigenvalue weighted by Gasteiger charge is 2.09. The van der Waals surface area contributed by atoms with Crippen molar-refractivity contribution in [3.8, 4) is 10.4 Å². The lowest BCUT2D eigenvalue weighted by molar-refractivity contribution is 0.104. The largest absolute Gasteiger partial charge is 0.399 e. The summed E-state index contributed by atoms with van der Waals surface area (Å²) in [5.74, 6) is -0.0246. The summed E-state index contributed by atoms with van der Waals surface area (Å²) in [5.41, 5.74) is 11.7. The number of allylic oxidation sites excluding steroid dienone is 1. The van der Waals surface area contributed by atoms with Crippen molar-refractivity contribution in [3.05, 3.63) is 95.1 Å². The number of aryl methyl sites for hydroxylation is 2. The van der Waals surface area contributed by atoms with E-state index in [4.69, 9.17) is 5.73 Å². The second kappa shape index (κ2) is 7.45. The van der Waals surface area contributed by atoms with Crippen molar-refractivity contribution in [2.24, 2.45) is 0 Å². The highest BCUT2D eigenvalue weighted by Crippen LogP contribution is 2.36. The molecule has 1 heterocycles. The van der Waals surface area contributed by atoms with Crippen molar-refractivity contribution in [2.75, 3.05) is 5.73 Å². The van der Waals surface area contributed by atoms with Crippen LogP contribution in [0.25, 0.3) is 26.6 Å². The SMILES string of the molecule is Cc1cc(C)c(-c2cc3ccccc3s2)cc1/C=C/C(=O)c1ccc(N)cc1. The van der Waals surface area contributed by atoms with Crippen molar-refractivity contribution in [1.29, 1.82) is 0 Å². The van der Waals surface area contributed by atoms with Crippen molar-refractivity contribution in [3.63, 3.8) is 0 Å².